The molecule has 0 aromatic heterocycles. The predicted molar refractivity (Wildman–Crippen MR) is 95.2 cm³/mol. The van der Waals surface area contributed by atoms with Gasteiger partial charge in [0.2, 0.25) is 0 Å². The van der Waals surface area contributed by atoms with Gasteiger partial charge in [0, 0.05) is 12.2 Å². The average Bonchev–Trinajstić information content (AvgIpc) is 2.51. The van der Waals surface area contributed by atoms with Gasteiger partial charge in [-0.15, -0.1) is 0 Å². The molecule has 6 heteroatoms. The minimum absolute atomic E-state index is 0.161. The summed E-state index contributed by atoms with van der Waals surface area (Å²) in [6, 6.07) is 7.13. The van der Waals surface area contributed by atoms with E-state index < -0.39 is 20.3 Å². The fraction of sp³-hybridized carbons (Fsp3) is 0.444. The maximum absolute atomic E-state index is 11.5. The van der Waals surface area contributed by atoms with Gasteiger partial charge in [-0.1, -0.05) is 32.9 Å². The first kappa shape index (κ1) is 20.1. The number of esters is 2. The van der Waals surface area contributed by atoms with E-state index in [1.165, 1.54) is 7.11 Å². The van der Waals surface area contributed by atoms with Gasteiger partial charge in [-0.3, -0.25) is 0 Å². The van der Waals surface area contributed by atoms with Crippen LogP contribution < -0.4 is 4.74 Å². The molecular weight excluding hydrogens is 324 g/mol. The number of benzene rings is 1. The van der Waals surface area contributed by atoms with Crippen LogP contribution >= 0.6 is 0 Å². The Labute approximate surface area is 144 Å². The SMILES string of the molecule is COC(=O)/C=C/C(=O)Oc1ccc(CO[Si](C)(C)C(C)(C)C)cc1. The first-order valence-electron chi connectivity index (χ1n) is 7.76. The van der Waals surface area contributed by atoms with Crippen molar-refractivity contribution in [1.29, 1.82) is 0 Å². The lowest BCUT2D eigenvalue weighted by Gasteiger charge is -2.36. The lowest BCUT2D eigenvalue weighted by atomic mass is 10.2. The van der Waals surface area contributed by atoms with Gasteiger partial charge in [-0.25, -0.2) is 9.59 Å². The van der Waals surface area contributed by atoms with Crippen LogP contribution in [-0.4, -0.2) is 27.4 Å². The van der Waals surface area contributed by atoms with E-state index >= 15 is 0 Å². The van der Waals surface area contributed by atoms with E-state index in [-0.39, 0.29) is 5.04 Å². The molecule has 1 aromatic rings. The van der Waals surface area contributed by atoms with Gasteiger partial charge >= 0.3 is 11.9 Å². The highest BCUT2D eigenvalue weighted by Gasteiger charge is 2.36. The maximum Gasteiger partial charge on any atom is 0.336 e. The molecule has 1 rings (SSSR count). The van der Waals surface area contributed by atoms with Gasteiger partial charge in [0.1, 0.15) is 5.75 Å². The molecule has 0 aliphatic heterocycles. The van der Waals surface area contributed by atoms with E-state index in [2.05, 4.69) is 38.6 Å². The van der Waals surface area contributed by atoms with E-state index in [1.807, 2.05) is 12.1 Å². The van der Waals surface area contributed by atoms with Crippen molar-refractivity contribution in [1.82, 2.24) is 0 Å². The minimum Gasteiger partial charge on any atom is -0.466 e. The van der Waals surface area contributed by atoms with E-state index in [0.717, 1.165) is 17.7 Å². The topological polar surface area (TPSA) is 61.8 Å². The van der Waals surface area contributed by atoms with Crippen LogP contribution in [0, 0.1) is 0 Å². The Morgan fingerprint density at radius 3 is 2.08 bits per heavy atom. The Kier molecular flexibility index (Phi) is 6.92. The quantitative estimate of drug-likeness (QED) is 0.337. The van der Waals surface area contributed by atoms with Crippen LogP contribution in [0.25, 0.3) is 0 Å². The highest BCUT2D eigenvalue weighted by molar-refractivity contribution is 6.74. The molecule has 5 nitrogen and oxygen atoms in total. The normalized spacial score (nSPS) is 12.2. The monoisotopic (exact) mass is 350 g/mol. The van der Waals surface area contributed by atoms with Crippen molar-refractivity contribution < 1.29 is 23.5 Å². The predicted octanol–water partition coefficient (Wildman–Crippen LogP) is 3.84. The average molecular weight is 350 g/mol. The van der Waals surface area contributed by atoms with Crippen molar-refractivity contribution in [3.05, 3.63) is 42.0 Å². The molecule has 0 bridgehead atoms. The number of carbonyl (C=O) groups is 2. The minimum atomic E-state index is -1.79. The lowest BCUT2D eigenvalue weighted by Crippen LogP contribution is -2.40. The van der Waals surface area contributed by atoms with Crippen LogP contribution in [0.5, 0.6) is 5.75 Å². The summed E-state index contributed by atoms with van der Waals surface area (Å²) in [7, 11) is -0.552. The van der Waals surface area contributed by atoms with E-state index in [1.54, 1.807) is 12.1 Å². The second-order valence-corrected chi connectivity index (χ2v) is 11.8. The van der Waals surface area contributed by atoms with Crippen molar-refractivity contribution in [2.45, 2.75) is 45.5 Å². The Balaban J connectivity index is 2.59. The molecule has 0 saturated heterocycles. The molecule has 132 valence electrons. The summed E-state index contributed by atoms with van der Waals surface area (Å²) >= 11 is 0. The molecule has 24 heavy (non-hydrogen) atoms. The summed E-state index contributed by atoms with van der Waals surface area (Å²) in [4.78, 5) is 22.5. The van der Waals surface area contributed by atoms with Gasteiger partial charge in [0.15, 0.2) is 8.32 Å². The standard InChI is InChI=1S/C18H26O5Si/c1-18(2,3)24(5,6)22-13-14-7-9-15(10-8-14)23-17(20)12-11-16(19)21-4/h7-12H,13H2,1-6H3/b12-11+. The van der Waals surface area contributed by atoms with Gasteiger partial charge in [-0.05, 0) is 35.8 Å². The van der Waals surface area contributed by atoms with Gasteiger partial charge in [0.25, 0.3) is 0 Å². The van der Waals surface area contributed by atoms with Crippen molar-refractivity contribution in [2.75, 3.05) is 7.11 Å². The van der Waals surface area contributed by atoms with E-state index in [4.69, 9.17) is 9.16 Å². The fourth-order valence-electron chi connectivity index (χ4n) is 1.49. The Morgan fingerprint density at radius 1 is 1.04 bits per heavy atom. The molecule has 0 atom stereocenters. The van der Waals surface area contributed by atoms with Crippen LogP contribution in [-0.2, 0) is 25.4 Å². The van der Waals surface area contributed by atoms with Crippen LogP contribution in [0.1, 0.15) is 26.3 Å². The molecule has 0 aliphatic carbocycles. The molecule has 0 saturated carbocycles. The summed E-state index contributed by atoms with van der Waals surface area (Å²) in [5.41, 5.74) is 1.02. The molecule has 0 aliphatic rings. The van der Waals surface area contributed by atoms with Gasteiger partial charge in [0.05, 0.1) is 13.7 Å². The third-order valence-electron chi connectivity index (χ3n) is 4.10. The smallest absolute Gasteiger partial charge is 0.336 e. The molecule has 0 spiro atoms. The van der Waals surface area contributed by atoms with Crippen molar-refractivity contribution in [3.8, 4) is 5.75 Å². The molecular formula is C18H26O5Si. The van der Waals surface area contributed by atoms with E-state index in [9.17, 15) is 9.59 Å². The number of hydrogen-bond acceptors (Lipinski definition) is 5. The fourth-order valence-corrected chi connectivity index (χ4v) is 2.45. The Hall–Kier alpha value is -1.92. The first-order valence-corrected chi connectivity index (χ1v) is 10.7. The summed E-state index contributed by atoms with van der Waals surface area (Å²) in [6.45, 7) is 11.5. The molecule has 0 amide bonds. The molecule has 0 fully saturated rings. The Morgan fingerprint density at radius 2 is 1.58 bits per heavy atom. The number of ether oxygens (including phenoxy) is 2. The van der Waals surface area contributed by atoms with Crippen LogP contribution in [0.15, 0.2) is 36.4 Å². The van der Waals surface area contributed by atoms with Crippen molar-refractivity contribution in [3.63, 3.8) is 0 Å². The van der Waals surface area contributed by atoms with Gasteiger partial charge in [-0.2, -0.15) is 0 Å². The van der Waals surface area contributed by atoms with Gasteiger partial charge < -0.3 is 13.9 Å². The van der Waals surface area contributed by atoms with Crippen molar-refractivity contribution >= 4 is 20.3 Å². The lowest BCUT2D eigenvalue weighted by molar-refractivity contribution is -0.135. The molecule has 0 N–H and O–H groups in total. The highest BCUT2D eigenvalue weighted by atomic mass is 28.4. The van der Waals surface area contributed by atoms with Crippen molar-refractivity contribution in [2.24, 2.45) is 0 Å². The molecule has 0 unspecified atom stereocenters. The second-order valence-electron chi connectivity index (χ2n) is 6.97. The first-order chi connectivity index (χ1) is 11.0. The number of methoxy groups -OCH3 is 1. The number of hydrogen-bond donors (Lipinski definition) is 0. The van der Waals surface area contributed by atoms with E-state index in [0.29, 0.717) is 12.4 Å². The zero-order valence-corrected chi connectivity index (χ0v) is 16.2. The number of carbonyl (C=O) groups excluding carboxylic acids is 2. The molecule has 1 aromatic carbocycles. The molecule has 0 heterocycles. The number of rotatable bonds is 6. The molecule has 0 radical (unpaired) electrons. The largest absolute Gasteiger partial charge is 0.466 e. The van der Waals surface area contributed by atoms with Crippen LogP contribution in [0.2, 0.25) is 18.1 Å². The van der Waals surface area contributed by atoms with Crippen LogP contribution in [0.3, 0.4) is 0 Å². The highest BCUT2D eigenvalue weighted by Crippen LogP contribution is 2.37. The Bertz CT molecular complexity index is 597. The third kappa shape index (κ3) is 6.29. The second kappa shape index (κ2) is 8.26. The third-order valence-corrected chi connectivity index (χ3v) is 8.58. The maximum atomic E-state index is 11.5. The summed E-state index contributed by atoms with van der Waals surface area (Å²) in [6.07, 6.45) is 2.05. The zero-order valence-electron chi connectivity index (χ0n) is 15.2. The summed E-state index contributed by atoms with van der Waals surface area (Å²) in [5.74, 6) is -0.832. The zero-order chi connectivity index (χ0) is 18.4. The summed E-state index contributed by atoms with van der Waals surface area (Å²) < 4.78 is 15.6. The summed E-state index contributed by atoms with van der Waals surface area (Å²) in [5, 5.41) is 0.161. The van der Waals surface area contributed by atoms with Crippen LogP contribution in [0.4, 0.5) is 0 Å².